The minimum atomic E-state index is -0.359. The van der Waals surface area contributed by atoms with Crippen LogP contribution in [0.1, 0.15) is 10.4 Å². The van der Waals surface area contributed by atoms with Crippen molar-refractivity contribution in [1.82, 2.24) is 4.37 Å². The van der Waals surface area contributed by atoms with E-state index < -0.39 is 0 Å². The molecule has 0 atom stereocenters. The first-order chi connectivity index (χ1) is 9.22. The lowest BCUT2D eigenvalue weighted by Gasteiger charge is -2.05. The average molecular weight is 272 g/mol. The second kappa shape index (κ2) is 4.78. The molecule has 3 rings (SSSR count). The first kappa shape index (κ1) is 11.8. The van der Waals surface area contributed by atoms with Gasteiger partial charge in [0, 0.05) is 22.8 Å². The number of nitrogens with zero attached hydrogens (tertiary/aromatic N) is 1. The van der Waals surface area contributed by atoms with E-state index in [4.69, 9.17) is 0 Å². The van der Waals surface area contributed by atoms with Gasteiger partial charge in [0.1, 0.15) is 5.82 Å². The Hall–Kier alpha value is -2.27. The lowest BCUT2D eigenvalue weighted by Crippen LogP contribution is -2.11. The minimum absolute atomic E-state index is 0.262. The summed E-state index contributed by atoms with van der Waals surface area (Å²) in [5.74, 6) is -0.621. The second-order valence-corrected chi connectivity index (χ2v) is 4.87. The van der Waals surface area contributed by atoms with E-state index in [9.17, 15) is 9.18 Å². The Morgan fingerprint density at radius 2 is 1.95 bits per heavy atom. The normalized spacial score (nSPS) is 10.6. The lowest BCUT2D eigenvalue weighted by molar-refractivity contribution is 0.102. The van der Waals surface area contributed by atoms with E-state index >= 15 is 0 Å². The molecule has 1 N–H and O–H groups in total. The molecule has 1 aromatic heterocycles. The van der Waals surface area contributed by atoms with Crippen LogP contribution in [0.15, 0.2) is 48.7 Å². The number of rotatable bonds is 2. The fourth-order valence-electron chi connectivity index (χ4n) is 1.75. The van der Waals surface area contributed by atoms with Gasteiger partial charge in [0.2, 0.25) is 0 Å². The van der Waals surface area contributed by atoms with E-state index in [1.165, 1.54) is 35.8 Å². The molecule has 0 radical (unpaired) electrons. The number of carbonyl (C=O) groups is 1. The van der Waals surface area contributed by atoms with Crippen LogP contribution >= 0.6 is 11.5 Å². The fourth-order valence-corrected chi connectivity index (χ4v) is 2.38. The molecule has 0 saturated carbocycles. The number of anilines is 1. The monoisotopic (exact) mass is 272 g/mol. The van der Waals surface area contributed by atoms with Gasteiger partial charge in [0.25, 0.3) is 5.91 Å². The van der Waals surface area contributed by atoms with Gasteiger partial charge in [-0.25, -0.2) is 4.39 Å². The molecule has 0 aliphatic heterocycles. The highest BCUT2D eigenvalue weighted by molar-refractivity contribution is 7.13. The van der Waals surface area contributed by atoms with Crippen molar-refractivity contribution in [3.63, 3.8) is 0 Å². The van der Waals surface area contributed by atoms with Crippen LogP contribution in [-0.4, -0.2) is 10.3 Å². The van der Waals surface area contributed by atoms with Crippen LogP contribution in [0, 0.1) is 5.82 Å². The summed E-state index contributed by atoms with van der Waals surface area (Å²) in [5, 5.41) is 3.76. The van der Waals surface area contributed by atoms with Crippen LogP contribution in [-0.2, 0) is 0 Å². The maximum absolute atomic E-state index is 12.8. The molecule has 0 bridgehead atoms. The van der Waals surface area contributed by atoms with Crippen molar-refractivity contribution in [2.45, 2.75) is 0 Å². The van der Waals surface area contributed by atoms with Gasteiger partial charge >= 0.3 is 0 Å². The third kappa shape index (κ3) is 2.46. The molecule has 2 aromatic carbocycles. The largest absolute Gasteiger partial charge is 0.322 e. The number of nitrogens with one attached hydrogen (secondary N) is 1. The standard InChI is InChI=1S/C14H9FN2OS/c15-11-3-1-9(2-4-11)14(18)17-12-5-6-13-10(7-12)8-16-19-13/h1-8H,(H,17,18). The first-order valence-corrected chi connectivity index (χ1v) is 6.41. The summed E-state index contributed by atoms with van der Waals surface area (Å²) < 4.78 is 17.9. The maximum atomic E-state index is 12.8. The summed E-state index contributed by atoms with van der Waals surface area (Å²) in [6.07, 6.45) is 1.76. The van der Waals surface area contributed by atoms with Crippen LogP contribution in [0.3, 0.4) is 0 Å². The molecule has 94 valence electrons. The Labute approximate surface area is 112 Å². The number of aromatic nitrogens is 1. The van der Waals surface area contributed by atoms with Gasteiger partial charge < -0.3 is 5.32 Å². The summed E-state index contributed by atoms with van der Waals surface area (Å²) in [4.78, 5) is 12.0. The van der Waals surface area contributed by atoms with Gasteiger partial charge in [-0.05, 0) is 54.0 Å². The summed E-state index contributed by atoms with van der Waals surface area (Å²) in [5.41, 5.74) is 1.12. The van der Waals surface area contributed by atoms with Crippen molar-refractivity contribution in [2.24, 2.45) is 0 Å². The van der Waals surface area contributed by atoms with Gasteiger partial charge in [-0.15, -0.1) is 0 Å². The SMILES string of the molecule is O=C(Nc1ccc2sncc2c1)c1ccc(F)cc1. The van der Waals surface area contributed by atoms with Gasteiger partial charge in [0.15, 0.2) is 0 Å². The molecule has 1 heterocycles. The molecule has 0 unspecified atom stereocenters. The Kier molecular flexibility index (Phi) is 2.97. The van der Waals surface area contributed by atoms with E-state index in [0.717, 1.165) is 10.1 Å². The second-order valence-electron chi connectivity index (χ2n) is 4.04. The maximum Gasteiger partial charge on any atom is 0.255 e. The molecule has 0 fully saturated rings. The van der Waals surface area contributed by atoms with Crippen molar-refractivity contribution in [2.75, 3.05) is 5.32 Å². The third-order valence-corrected chi connectivity index (χ3v) is 3.50. The lowest BCUT2D eigenvalue weighted by atomic mass is 10.2. The van der Waals surface area contributed by atoms with Crippen molar-refractivity contribution in [3.05, 3.63) is 60.0 Å². The predicted molar refractivity (Wildman–Crippen MR) is 74.0 cm³/mol. The van der Waals surface area contributed by atoms with E-state index in [2.05, 4.69) is 9.69 Å². The number of hydrogen-bond acceptors (Lipinski definition) is 3. The Balaban J connectivity index is 1.83. The molecule has 0 aliphatic carbocycles. The molecule has 0 saturated heterocycles. The van der Waals surface area contributed by atoms with Crippen molar-refractivity contribution in [1.29, 1.82) is 0 Å². The number of benzene rings is 2. The molecule has 5 heteroatoms. The summed E-state index contributed by atoms with van der Waals surface area (Å²) >= 11 is 1.41. The van der Waals surface area contributed by atoms with E-state index in [1.54, 1.807) is 6.20 Å². The van der Waals surface area contributed by atoms with Crippen LogP contribution < -0.4 is 5.32 Å². The minimum Gasteiger partial charge on any atom is -0.322 e. The quantitative estimate of drug-likeness (QED) is 0.773. The fraction of sp³-hybridized carbons (Fsp3) is 0. The van der Waals surface area contributed by atoms with Crippen LogP contribution in [0.4, 0.5) is 10.1 Å². The summed E-state index contributed by atoms with van der Waals surface area (Å²) in [6.45, 7) is 0. The first-order valence-electron chi connectivity index (χ1n) is 5.64. The predicted octanol–water partition coefficient (Wildman–Crippen LogP) is 3.69. The molecular formula is C14H9FN2OS. The third-order valence-electron chi connectivity index (χ3n) is 2.72. The highest BCUT2D eigenvalue weighted by Gasteiger charge is 2.06. The van der Waals surface area contributed by atoms with Gasteiger partial charge in [-0.3, -0.25) is 4.79 Å². The van der Waals surface area contributed by atoms with E-state index in [0.29, 0.717) is 11.3 Å². The number of hydrogen-bond donors (Lipinski definition) is 1. The Morgan fingerprint density at radius 3 is 2.74 bits per heavy atom. The summed E-state index contributed by atoms with van der Waals surface area (Å²) in [7, 11) is 0. The van der Waals surface area contributed by atoms with Crippen molar-refractivity contribution < 1.29 is 9.18 Å². The zero-order valence-corrected chi connectivity index (χ0v) is 10.6. The van der Waals surface area contributed by atoms with E-state index in [-0.39, 0.29) is 11.7 Å². The average Bonchev–Trinajstić information content (AvgIpc) is 2.87. The molecular weight excluding hydrogens is 263 g/mol. The summed E-state index contributed by atoms with van der Waals surface area (Å²) in [6, 6.07) is 11.0. The van der Waals surface area contributed by atoms with Gasteiger partial charge in [0.05, 0.1) is 4.70 Å². The number of carbonyl (C=O) groups excluding carboxylic acids is 1. The topological polar surface area (TPSA) is 42.0 Å². The van der Waals surface area contributed by atoms with Crippen LogP contribution in [0.25, 0.3) is 10.1 Å². The number of amides is 1. The number of fused-ring (bicyclic) bond motifs is 1. The molecule has 0 spiro atoms. The van der Waals surface area contributed by atoms with Gasteiger partial charge in [-0.1, -0.05) is 0 Å². The Morgan fingerprint density at radius 1 is 1.16 bits per heavy atom. The smallest absolute Gasteiger partial charge is 0.255 e. The van der Waals surface area contributed by atoms with Gasteiger partial charge in [-0.2, -0.15) is 4.37 Å². The highest BCUT2D eigenvalue weighted by Crippen LogP contribution is 2.22. The molecule has 19 heavy (non-hydrogen) atoms. The highest BCUT2D eigenvalue weighted by atomic mass is 32.1. The zero-order chi connectivity index (χ0) is 13.2. The van der Waals surface area contributed by atoms with Crippen molar-refractivity contribution >= 4 is 33.2 Å². The molecule has 3 aromatic rings. The molecule has 3 nitrogen and oxygen atoms in total. The molecule has 1 amide bonds. The van der Waals surface area contributed by atoms with Crippen molar-refractivity contribution in [3.8, 4) is 0 Å². The zero-order valence-electron chi connectivity index (χ0n) is 9.76. The number of halogens is 1. The molecule has 0 aliphatic rings. The van der Waals surface area contributed by atoms with Crippen LogP contribution in [0.5, 0.6) is 0 Å². The van der Waals surface area contributed by atoms with E-state index in [1.807, 2.05) is 18.2 Å². The Bertz CT molecular complexity index is 737. The van der Waals surface area contributed by atoms with Crippen LogP contribution in [0.2, 0.25) is 0 Å².